The molecule has 1 aliphatic carbocycles. The van der Waals surface area contributed by atoms with Crippen LogP contribution >= 0.6 is 11.8 Å². The molecule has 3 aromatic rings. The number of amides is 1. The van der Waals surface area contributed by atoms with E-state index in [-0.39, 0.29) is 5.91 Å². The number of fused-ring (bicyclic) bond motifs is 1. The highest BCUT2D eigenvalue weighted by Gasteiger charge is 2.21. The third-order valence-corrected chi connectivity index (χ3v) is 5.62. The summed E-state index contributed by atoms with van der Waals surface area (Å²) >= 11 is 1.51. The molecular weight excluding hydrogens is 366 g/mol. The number of carbonyl (C=O) groups excluding carboxylic acids is 1. The van der Waals surface area contributed by atoms with Gasteiger partial charge in [0.25, 0.3) is 0 Å². The molecule has 0 bridgehead atoms. The molecule has 0 aliphatic heterocycles. The average molecular weight is 385 g/mol. The fourth-order valence-corrected chi connectivity index (χ4v) is 4.37. The second-order valence-corrected chi connectivity index (χ2v) is 7.56. The van der Waals surface area contributed by atoms with Gasteiger partial charge in [0.2, 0.25) is 11.1 Å². The van der Waals surface area contributed by atoms with Crippen LogP contribution in [0.2, 0.25) is 0 Å². The lowest BCUT2D eigenvalue weighted by atomic mass is 10.1. The maximum absolute atomic E-state index is 12.0. The van der Waals surface area contributed by atoms with Crippen LogP contribution in [0.5, 0.6) is 0 Å². The van der Waals surface area contributed by atoms with Crippen molar-refractivity contribution in [3.8, 4) is 0 Å². The van der Waals surface area contributed by atoms with E-state index in [0.717, 1.165) is 28.9 Å². The highest BCUT2D eigenvalue weighted by atomic mass is 32.2. The molecule has 0 unspecified atom stereocenters. The van der Waals surface area contributed by atoms with Crippen molar-refractivity contribution in [3.63, 3.8) is 0 Å². The predicted octanol–water partition coefficient (Wildman–Crippen LogP) is 3.15. The highest BCUT2D eigenvalue weighted by molar-refractivity contribution is 7.98. The molecule has 1 fully saturated rings. The second kappa shape index (κ2) is 7.51. The van der Waals surface area contributed by atoms with E-state index in [1.807, 2.05) is 10.7 Å². The van der Waals surface area contributed by atoms with Gasteiger partial charge in [0.05, 0.1) is 6.04 Å². The summed E-state index contributed by atoms with van der Waals surface area (Å²) in [5, 5.41) is 16.4. The molecule has 2 aromatic heterocycles. The monoisotopic (exact) mass is 385 g/mol. The Morgan fingerprint density at radius 1 is 1.33 bits per heavy atom. The first kappa shape index (κ1) is 17.7. The number of anilines is 1. The normalized spacial score (nSPS) is 14.7. The molecular formula is C18H19N5O3S. The topological polar surface area (TPSA) is 103 Å². The maximum Gasteiger partial charge on any atom is 0.336 e. The molecule has 0 radical (unpaired) electrons. The number of carbonyl (C=O) groups is 1. The van der Waals surface area contributed by atoms with Crippen molar-refractivity contribution < 1.29 is 9.21 Å². The highest BCUT2D eigenvalue weighted by Crippen LogP contribution is 2.33. The minimum Gasteiger partial charge on any atom is -0.423 e. The standard InChI is InChI=1S/C18H19N5O3S/c1-11(24)19-13-6-7-15-12(8-17(25)26-16(15)9-13)10-27-18-20-21-22-23(18)14-4-2-3-5-14/h6-9,14H,2-5,10H2,1H3,(H,19,24). The van der Waals surface area contributed by atoms with Gasteiger partial charge in [-0.1, -0.05) is 24.6 Å². The van der Waals surface area contributed by atoms with Gasteiger partial charge in [-0.3, -0.25) is 4.79 Å². The third kappa shape index (κ3) is 3.87. The molecule has 4 rings (SSSR count). The van der Waals surface area contributed by atoms with E-state index < -0.39 is 5.63 Å². The number of nitrogens with one attached hydrogen (secondary N) is 1. The maximum atomic E-state index is 12.0. The number of hydrogen-bond acceptors (Lipinski definition) is 7. The molecule has 1 amide bonds. The number of aromatic nitrogens is 4. The van der Waals surface area contributed by atoms with Crippen LogP contribution in [0.15, 0.2) is 38.6 Å². The van der Waals surface area contributed by atoms with Gasteiger partial charge in [-0.05, 0) is 41.0 Å². The zero-order valence-electron chi connectivity index (χ0n) is 14.8. The van der Waals surface area contributed by atoms with Crippen molar-refractivity contribution in [2.45, 2.75) is 49.6 Å². The van der Waals surface area contributed by atoms with E-state index in [4.69, 9.17) is 4.42 Å². The summed E-state index contributed by atoms with van der Waals surface area (Å²) in [6.45, 7) is 1.43. The minimum atomic E-state index is -0.423. The molecule has 2 heterocycles. The molecule has 1 aromatic carbocycles. The van der Waals surface area contributed by atoms with Gasteiger partial charge in [0.15, 0.2) is 0 Å². The summed E-state index contributed by atoms with van der Waals surface area (Å²) in [6, 6.07) is 7.16. The van der Waals surface area contributed by atoms with Crippen LogP contribution in [-0.4, -0.2) is 26.1 Å². The van der Waals surface area contributed by atoms with E-state index >= 15 is 0 Å². The van der Waals surface area contributed by atoms with Crippen molar-refractivity contribution in [2.24, 2.45) is 0 Å². The van der Waals surface area contributed by atoms with Crippen LogP contribution in [0.1, 0.15) is 44.2 Å². The molecule has 9 heteroatoms. The van der Waals surface area contributed by atoms with Gasteiger partial charge < -0.3 is 9.73 Å². The van der Waals surface area contributed by atoms with Gasteiger partial charge in [-0.2, -0.15) is 0 Å². The first-order chi connectivity index (χ1) is 13.1. The van der Waals surface area contributed by atoms with Crippen molar-refractivity contribution in [3.05, 3.63) is 40.2 Å². The molecule has 1 aliphatic rings. The van der Waals surface area contributed by atoms with Gasteiger partial charge >= 0.3 is 5.63 Å². The summed E-state index contributed by atoms with van der Waals surface area (Å²) in [4.78, 5) is 23.2. The Labute approximate surface area is 159 Å². The van der Waals surface area contributed by atoms with Crippen LogP contribution in [0.3, 0.4) is 0 Å². The van der Waals surface area contributed by atoms with E-state index in [2.05, 4.69) is 20.8 Å². The number of tetrazole rings is 1. The zero-order valence-corrected chi connectivity index (χ0v) is 15.7. The van der Waals surface area contributed by atoms with Crippen molar-refractivity contribution in [1.29, 1.82) is 0 Å². The SMILES string of the molecule is CC(=O)Nc1ccc2c(CSc3nnnn3C3CCCC3)cc(=O)oc2c1. The molecule has 0 spiro atoms. The van der Waals surface area contributed by atoms with Crippen LogP contribution < -0.4 is 10.9 Å². The van der Waals surface area contributed by atoms with Crippen molar-refractivity contribution in [1.82, 2.24) is 20.2 Å². The molecule has 1 N–H and O–H groups in total. The Balaban J connectivity index is 1.60. The van der Waals surface area contributed by atoms with Gasteiger partial charge in [-0.15, -0.1) is 5.10 Å². The lowest BCUT2D eigenvalue weighted by molar-refractivity contribution is -0.114. The van der Waals surface area contributed by atoms with E-state index in [0.29, 0.717) is 23.1 Å². The molecule has 27 heavy (non-hydrogen) atoms. The Bertz CT molecular complexity index is 1040. The molecule has 140 valence electrons. The molecule has 0 atom stereocenters. The van der Waals surface area contributed by atoms with Crippen LogP contribution in [-0.2, 0) is 10.5 Å². The minimum absolute atomic E-state index is 0.179. The van der Waals surface area contributed by atoms with Crippen molar-refractivity contribution >= 4 is 34.3 Å². The summed E-state index contributed by atoms with van der Waals surface area (Å²) in [5.74, 6) is 0.372. The second-order valence-electron chi connectivity index (χ2n) is 6.62. The first-order valence-corrected chi connectivity index (χ1v) is 9.84. The lowest BCUT2D eigenvalue weighted by Crippen LogP contribution is -2.08. The zero-order chi connectivity index (χ0) is 18.8. The number of nitrogens with zero attached hydrogens (tertiary/aromatic N) is 4. The quantitative estimate of drug-likeness (QED) is 0.531. The summed E-state index contributed by atoms with van der Waals surface area (Å²) in [6.07, 6.45) is 4.61. The van der Waals surface area contributed by atoms with Gasteiger partial charge in [-0.25, -0.2) is 9.48 Å². The Morgan fingerprint density at radius 2 is 2.15 bits per heavy atom. The molecule has 1 saturated carbocycles. The predicted molar refractivity (Wildman–Crippen MR) is 102 cm³/mol. The summed E-state index contributed by atoms with van der Waals surface area (Å²) in [5.41, 5.74) is 1.46. The van der Waals surface area contributed by atoms with Gasteiger partial charge in [0.1, 0.15) is 5.58 Å². The van der Waals surface area contributed by atoms with E-state index in [9.17, 15) is 9.59 Å². The van der Waals surface area contributed by atoms with Crippen molar-refractivity contribution in [2.75, 3.05) is 5.32 Å². The molecule has 0 saturated heterocycles. The Kier molecular flexibility index (Phi) is 4.93. The Morgan fingerprint density at radius 3 is 2.93 bits per heavy atom. The average Bonchev–Trinajstić information content (AvgIpc) is 3.29. The fourth-order valence-electron chi connectivity index (χ4n) is 3.43. The van der Waals surface area contributed by atoms with Gasteiger partial charge in [0, 0.05) is 35.9 Å². The molecule has 8 nitrogen and oxygen atoms in total. The smallest absolute Gasteiger partial charge is 0.336 e. The van der Waals surface area contributed by atoms with E-state index in [1.165, 1.54) is 37.6 Å². The van der Waals surface area contributed by atoms with Crippen LogP contribution in [0, 0.1) is 0 Å². The van der Waals surface area contributed by atoms with Crippen LogP contribution in [0.25, 0.3) is 11.0 Å². The largest absolute Gasteiger partial charge is 0.423 e. The van der Waals surface area contributed by atoms with Crippen LogP contribution in [0.4, 0.5) is 5.69 Å². The number of rotatable bonds is 5. The fraction of sp³-hybridized carbons (Fsp3) is 0.389. The summed E-state index contributed by atoms with van der Waals surface area (Å²) < 4.78 is 7.21. The lowest BCUT2D eigenvalue weighted by Gasteiger charge is -2.11. The number of hydrogen-bond donors (Lipinski definition) is 1. The van der Waals surface area contributed by atoms with E-state index in [1.54, 1.807) is 12.1 Å². The third-order valence-electron chi connectivity index (χ3n) is 4.64. The Hall–Kier alpha value is -2.68. The number of benzene rings is 1. The first-order valence-electron chi connectivity index (χ1n) is 8.85. The number of thioether (sulfide) groups is 1. The summed E-state index contributed by atoms with van der Waals surface area (Å²) in [7, 11) is 0.